The lowest BCUT2D eigenvalue weighted by molar-refractivity contribution is -0.137. The van der Waals surface area contributed by atoms with Crippen LogP contribution in [0.2, 0.25) is 0 Å². The minimum Gasteiger partial charge on any atom is -0.379 e. The minimum atomic E-state index is -4.38. The Balaban J connectivity index is 2.22. The molecule has 2 nitrogen and oxygen atoms in total. The molecule has 1 N–H and O–H groups in total. The van der Waals surface area contributed by atoms with Crippen LogP contribution in [0.3, 0.4) is 0 Å². The number of hydrogen-bond donors (Lipinski definition) is 1. The van der Waals surface area contributed by atoms with E-state index in [1.165, 1.54) is 12.1 Å². The summed E-state index contributed by atoms with van der Waals surface area (Å²) in [6, 6.07) is 9.11. The van der Waals surface area contributed by atoms with E-state index in [0.717, 1.165) is 6.07 Å². The van der Waals surface area contributed by atoms with Crippen molar-refractivity contribution in [1.29, 1.82) is 0 Å². The van der Waals surface area contributed by atoms with Crippen LogP contribution in [0, 0.1) is 0 Å². The molecule has 1 heterocycles. The summed E-state index contributed by atoms with van der Waals surface area (Å²) in [6.45, 7) is 0.236. The van der Waals surface area contributed by atoms with Crippen LogP contribution in [0.15, 0.2) is 47.1 Å². The quantitative estimate of drug-likeness (QED) is 0.897. The van der Waals surface area contributed by atoms with Crippen LogP contribution in [0.4, 0.5) is 18.9 Å². The molecule has 1 aromatic heterocycles. The van der Waals surface area contributed by atoms with Gasteiger partial charge in [-0.3, -0.25) is 4.98 Å². The van der Waals surface area contributed by atoms with Crippen LogP contribution in [-0.4, -0.2) is 4.98 Å². The molecule has 0 fully saturated rings. The topological polar surface area (TPSA) is 24.9 Å². The van der Waals surface area contributed by atoms with Gasteiger partial charge in [-0.05, 0) is 30.3 Å². The summed E-state index contributed by atoms with van der Waals surface area (Å²) in [4.78, 5) is 4.05. The number of nitrogens with one attached hydrogen (secondary N) is 1. The van der Waals surface area contributed by atoms with E-state index in [1.807, 2.05) is 0 Å². The third-order valence-corrected chi connectivity index (χ3v) is 2.97. The molecule has 2 aromatic rings. The molecular formula is C13H10BrF3N2. The van der Waals surface area contributed by atoms with Gasteiger partial charge in [0, 0.05) is 16.4 Å². The molecule has 0 spiro atoms. The fourth-order valence-corrected chi connectivity index (χ4v) is 1.96. The maximum Gasteiger partial charge on any atom is 0.418 e. The lowest BCUT2D eigenvalue weighted by Gasteiger charge is -2.14. The highest BCUT2D eigenvalue weighted by atomic mass is 79.9. The summed E-state index contributed by atoms with van der Waals surface area (Å²) in [7, 11) is 0. The number of hydrogen-bond acceptors (Lipinski definition) is 2. The van der Waals surface area contributed by atoms with Gasteiger partial charge < -0.3 is 5.32 Å². The van der Waals surface area contributed by atoms with E-state index < -0.39 is 11.7 Å². The summed E-state index contributed by atoms with van der Waals surface area (Å²) in [5, 5.41) is 2.76. The van der Waals surface area contributed by atoms with Gasteiger partial charge in [-0.1, -0.05) is 22.0 Å². The molecule has 0 saturated carbocycles. The minimum absolute atomic E-state index is 0.0347. The van der Waals surface area contributed by atoms with Crippen molar-refractivity contribution in [3.63, 3.8) is 0 Å². The monoisotopic (exact) mass is 330 g/mol. The van der Waals surface area contributed by atoms with Crippen LogP contribution in [-0.2, 0) is 12.7 Å². The zero-order chi connectivity index (χ0) is 13.9. The molecule has 0 unspecified atom stereocenters. The van der Waals surface area contributed by atoms with Crippen LogP contribution < -0.4 is 5.32 Å². The molecule has 19 heavy (non-hydrogen) atoms. The Kier molecular flexibility index (Phi) is 4.09. The summed E-state index contributed by atoms with van der Waals surface area (Å²) >= 11 is 3.17. The number of rotatable bonds is 3. The Morgan fingerprint density at radius 2 is 1.95 bits per heavy atom. The van der Waals surface area contributed by atoms with Crippen molar-refractivity contribution in [2.45, 2.75) is 12.7 Å². The molecular weight excluding hydrogens is 321 g/mol. The van der Waals surface area contributed by atoms with Crippen LogP contribution in [0.1, 0.15) is 11.3 Å². The SMILES string of the molecule is FC(F)(F)c1ccc(Br)cc1NCc1ccccn1. The average Bonchev–Trinajstić information content (AvgIpc) is 2.36. The van der Waals surface area contributed by atoms with E-state index in [9.17, 15) is 13.2 Å². The van der Waals surface area contributed by atoms with E-state index in [-0.39, 0.29) is 12.2 Å². The van der Waals surface area contributed by atoms with Gasteiger partial charge in [0.1, 0.15) is 0 Å². The van der Waals surface area contributed by atoms with Crippen molar-refractivity contribution in [3.8, 4) is 0 Å². The molecule has 0 amide bonds. The third-order valence-electron chi connectivity index (χ3n) is 2.47. The molecule has 0 saturated heterocycles. The van der Waals surface area contributed by atoms with Crippen molar-refractivity contribution in [2.75, 3.05) is 5.32 Å². The van der Waals surface area contributed by atoms with Crippen LogP contribution >= 0.6 is 15.9 Å². The Morgan fingerprint density at radius 1 is 1.16 bits per heavy atom. The predicted octanol–water partition coefficient (Wildman–Crippen LogP) is 4.48. The van der Waals surface area contributed by atoms with Gasteiger partial charge in [0.05, 0.1) is 17.8 Å². The number of aromatic nitrogens is 1. The second-order valence-electron chi connectivity index (χ2n) is 3.86. The highest BCUT2D eigenvalue weighted by molar-refractivity contribution is 9.10. The maximum absolute atomic E-state index is 12.8. The van der Waals surface area contributed by atoms with Crippen LogP contribution in [0.5, 0.6) is 0 Å². The van der Waals surface area contributed by atoms with Crippen LogP contribution in [0.25, 0.3) is 0 Å². The normalized spacial score (nSPS) is 11.4. The van der Waals surface area contributed by atoms with Gasteiger partial charge >= 0.3 is 6.18 Å². The van der Waals surface area contributed by atoms with Gasteiger partial charge in [-0.2, -0.15) is 13.2 Å². The smallest absolute Gasteiger partial charge is 0.379 e. The second kappa shape index (κ2) is 5.61. The molecule has 0 aliphatic rings. The Bertz CT molecular complexity index is 556. The third kappa shape index (κ3) is 3.70. The highest BCUT2D eigenvalue weighted by Crippen LogP contribution is 2.36. The standard InChI is InChI=1S/C13H10BrF3N2/c14-9-4-5-11(13(15,16)17)12(7-9)19-8-10-3-1-2-6-18-10/h1-7,19H,8H2. The van der Waals surface area contributed by atoms with Crippen molar-refractivity contribution >= 4 is 21.6 Å². The molecule has 1 aromatic carbocycles. The zero-order valence-corrected chi connectivity index (χ0v) is 11.3. The number of alkyl halides is 3. The lowest BCUT2D eigenvalue weighted by atomic mass is 10.1. The molecule has 0 bridgehead atoms. The number of nitrogens with zero attached hydrogens (tertiary/aromatic N) is 1. The average molecular weight is 331 g/mol. The second-order valence-corrected chi connectivity index (χ2v) is 4.78. The van der Waals surface area contributed by atoms with Gasteiger partial charge in [-0.25, -0.2) is 0 Å². The zero-order valence-electron chi connectivity index (χ0n) is 9.71. The van der Waals surface area contributed by atoms with Crippen molar-refractivity contribution < 1.29 is 13.2 Å². The largest absolute Gasteiger partial charge is 0.418 e. The first-order valence-corrected chi connectivity index (χ1v) is 6.26. The Morgan fingerprint density at radius 3 is 2.58 bits per heavy atom. The molecule has 2 rings (SSSR count). The first-order chi connectivity index (χ1) is 8.97. The Labute approximate surface area is 116 Å². The summed E-state index contributed by atoms with van der Waals surface area (Å²) < 4.78 is 39.1. The predicted molar refractivity (Wildman–Crippen MR) is 70.7 cm³/mol. The summed E-state index contributed by atoms with van der Waals surface area (Å²) in [5.41, 5.74) is 0.0229. The van der Waals surface area contributed by atoms with Gasteiger partial charge in [0.2, 0.25) is 0 Å². The number of benzene rings is 1. The number of pyridine rings is 1. The fraction of sp³-hybridized carbons (Fsp3) is 0.154. The van der Waals surface area contributed by atoms with Crippen molar-refractivity contribution in [2.24, 2.45) is 0 Å². The summed E-state index contributed by atoms with van der Waals surface area (Å²) in [5.74, 6) is 0. The lowest BCUT2D eigenvalue weighted by Crippen LogP contribution is -2.11. The number of halogens is 4. The molecule has 6 heteroatoms. The molecule has 0 aliphatic heterocycles. The molecule has 0 aliphatic carbocycles. The van der Waals surface area contributed by atoms with E-state index >= 15 is 0 Å². The summed E-state index contributed by atoms with van der Waals surface area (Å²) in [6.07, 6.45) is -2.78. The molecule has 0 atom stereocenters. The van der Waals surface area contributed by atoms with E-state index in [0.29, 0.717) is 10.2 Å². The van der Waals surface area contributed by atoms with Gasteiger partial charge in [0.15, 0.2) is 0 Å². The van der Waals surface area contributed by atoms with Gasteiger partial charge in [0.25, 0.3) is 0 Å². The van der Waals surface area contributed by atoms with Crippen molar-refractivity contribution in [3.05, 3.63) is 58.3 Å². The van der Waals surface area contributed by atoms with E-state index in [4.69, 9.17) is 0 Å². The maximum atomic E-state index is 12.8. The molecule has 100 valence electrons. The first-order valence-electron chi connectivity index (χ1n) is 5.47. The highest BCUT2D eigenvalue weighted by Gasteiger charge is 2.33. The van der Waals surface area contributed by atoms with Crippen molar-refractivity contribution in [1.82, 2.24) is 4.98 Å². The first kappa shape index (κ1) is 13.9. The fourth-order valence-electron chi connectivity index (χ4n) is 1.60. The Hall–Kier alpha value is -1.56. The molecule has 0 radical (unpaired) electrons. The number of anilines is 1. The van der Waals surface area contributed by atoms with E-state index in [2.05, 4.69) is 26.2 Å². The van der Waals surface area contributed by atoms with Gasteiger partial charge in [-0.15, -0.1) is 0 Å². The van der Waals surface area contributed by atoms with E-state index in [1.54, 1.807) is 24.4 Å².